The second-order valence-electron chi connectivity index (χ2n) is 3.39. The molecule has 21 heavy (non-hydrogen) atoms. The summed E-state index contributed by atoms with van der Waals surface area (Å²) in [6.45, 7) is 1.26. The van der Waals surface area contributed by atoms with Gasteiger partial charge in [0.2, 0.25) is 5.75 Å². The number of alkyl halides is 3. The van der Waals surface area contributed by atoms with Crippen LogP contribution >= 0.6 is 0 Å². The highest BCUT2D eigenvalue weighted by atomic mass is 19.4. The Morgan fingerprint density at radius 3 is 2.52 bits per heavy atom. The average molecular weight is 310 g/mol. The lowest BCUT2D eigenvalue weighted by Gasteiger charge is -2.12. The number of carbonyl (C=O) groups excluding carboxylic acids is 1. The van der Waals surface area contributed by atoms with E-state index >= 15 is 0 Å². The van der Waals surface area contributed by atoms with Crippen LogP contribution in [0.4, 0.5) is 19.0 Å². The van der Waals surface area contributed by atoms with Crippen molar-refractivity contribution in [1.29, 1.82) is 0 Å². The predicted octanol–water partition coefficient (Wildman–Crippen LogP) is 2.07. The van der Waals surface area contributed by atoms with Crippen LogP contribution in [-0.2, 0) is 4.74 Å². The standard InChI is InChI=1S/C10H9F3N2O6/c1-3-20-9(16)5-4-6(15(17)18)14-8(19-2)7(5)21-10(11,12)13/h4H,3H2,1-2H3. The van der Waals surface area contributed by atoms with Crippen LogP contribution in [-0.4, -0.2) is 36.0 Å². The normalized spacial score (nSPS) is 10.9. The lowest BCUT2D eigenvalue weighted by Crippen LogP contribution is -2.21. The van der Waals surface area contributed by atoms with E-state index in [9.17, 15) is 28.1 Å². The van der Waals surface area contributed by atoms with Gasteiger partial charge in [-0.25, -0.2) is 4.79 Å². The largest absolute Gasteiger partial charge is 0.573 e. The van der Waals surface area contributed by atoms with Gasteiger partial charge in [-0.1, -0.05) is 0 Å². The van der Waals surface area contributed by atoms with Crippen LogP contribution in [0, 0.1) is 10.1 Å². The number of nitro groups is 1. The van der Waals surface area contributed by atoms with Crippen LogP contribution in [0.1, 0.15) is 17.3 Å². The number of methoxy groups -OCH3 is 1. The van der Waals surface area contributed by atoms with Crippen molar-refractivity contribution >= 4 is 11.8 Å². The highest BCUT2D eigenvalue weighted by Crippen LogP contribution is 2.36. The molecule has 0 atom stereocenters. The van der Waals surface area contributed by atoms with Gasteiger partial charge in [0.1, 0.15) is 5.56 Å². The molecule has 0 radical (unpaired) electrons. The van der Waals surface area contributed by atoms with Gasteiger partial charge in [0, 0.05) is 4.98 Å². The van der Waals surface area contributed by atoms with E-state index in [0.717, 1.165) is 7.11 Å². The van der Waals surface area contributed by atoms with Crippen molar-refractivity contribution in [2.24, 2.45) is 0 Å². The van der Waals surface area contributed by atoms with Crippen LogP contribution in [0.3, 0.4) is 0 Å². The first-order chi connectivity index (χ1) is 9.69. The predicted molar refractivity (Wildman–Crippen MR) is 60.1 cm³/mol. The molecule has 0 aliphatic carbocycles. The van der Waals surface area contributed by atoms with Crippen molar-refractivity contribution < 1.29 is 37.1 Å². The van der Waals surface area contributed by atoms with Crippen LogP contribution in [0.5, 0.6) is 11.6 Å². The Labute approximate surface area is 115 Å². The third-order valence-corrected chi connectivity index (χ3v) is 2.02. The van der Waals surface area contributed by atoms with Crippen molar-refractivity contribution in [3.8, 4) is 11.6 Å². The Hall–Kier alpha value is -2.59. The van der Waals surface area contributed by atoms with E-state index in [4.69, 9.17) is 0 Å². The highest BCUT2D eigenvalue weighted by Gasteiger charge is 2.38. The van der Waals surface area contributed by atoms with E-state index < -0.39 is 40.3 Å². The molecule has 0 N–H and O–H groups in total. The smallest absolute Gasteiger partial charge is 0.462 e. The van der Waals surface area contributed by atoms with Crippen LogP contribution < -0.4 is 9.47 Å². The average Bonchev–Trinajstić information content (AvgIpc) is 2.36. The maximum atomic E-state index is 12.4. The first-order valence-corrected chi connectivity index (χ1v) is 5.35. The lowest BCUT2D eigenvalue weighted by molar-refractivity contribution is -0.389. The summed E-state index contributed by atoms with van der Waals surface area (Å²) < 4.78 is 49.7. The summed E-state index contributed by atoms with van der Waals surface area (Å²) in [5, 5.41) is 10.7. The second-order valence-corrected chi connectivity index (χ2v) is 3.39. The van der Waals surface area contributed by atoms with Crippen LogP contribution in [0.2, 0.25) is 0 Å². The summed E-state index contributed by atoms with van der Waals surface area (Å²) in [6, 6.07) is 0.515. The number of aromatic nitrogens is 1. The van der Waals surface area contributed by atoms with E-state index in [-0.39, 0.29) is 6.61 Å². The van der Waals surface area contributed by atoms with Gasteiger partial charge in [0.25, 0.3) is 0 Å². The van der Waals surface area contributed by atoms with Gasteiger partial charge in [0.05, 0.1) is 19.8 Å². The lowest BCUT2D eigenvalue weighted by atomic mass is 10.2. The quantitative estimate of drug-likeness (QED) is 0.466. The molecule has 0 saturated heterocycles. The molecule has 0 bridgehead atoms. The Kier molecular flexibility index (Phi) is 4.89. The molecule has 11 heteroatoms. The summed E-state index contributed by atoms with van der Waals surface area (Å²) >= 11 is 0. The summed E-state index contributed by atoms with van der Waals surface area (Å²) in [7, 11) is 0.921. The molecule has 0 unspecified atom stereocenters. The summed E-state index contributed by atoms with van der Waals surface area (Å²) in [4.78, 5) is 24.5. The minimum absolute atomic E-state index is 0.150. The molecule has 0 aromatic carbocycles. The zero-order valence-electron chi connectivity index (χ0n) is 10.8. The van der Waals surface area contributed by atoms with Gasteiger partial charge in [0.15, 0.2) is 0 Å². The van der Waals surface area contributed by atoms with Gasteiger partial charge in [-0.2, -0.15) is 0 Å². The number of esters is 1. The number of hydrogen-bond acceptors (Lipinski definition) is 7. The number of carbonyl (C=O) groups is 1. The van der Waals surface area contributed by atoms with E-state index in [1.54, 1.807) is 0 Å². The maximum absolute atomic E-state index is 12.4. The Bertz CT molecular complexity index is 560. The minimum Gasteiger partial charge on any atom is -0.462 e. The number of pyridine rings is 1. The molecular formula is C10H9F3N2O6. The summed E-state index contributed by atoms with van der Waals surface area (Å²) in [5.74, 6) is -4.08. The molecule has 1 rings (SSSR count). The van der Waals surface area contributed by atoms with Gasteiger partial charge < -0.3 is 24.3 Å². The van der Waals surface area contributed by atoms with Crippen molar-refractivity contribution in [2.75, 3.05) is 13.7 Å². The number of halogens is 3. The Balaban J connectivity index is 3.48. The molecule has 1 heterocycles. The highest BCUT2D eigenvalue weighted by molar-refractivity contribution is 5.94. The van der Waals surface area contributed by atoms with Crippen molar-refractivity contribution in [3.63, 3.8) is 0 Å². The number of ether oxygens (including phenoxy) is 3. The Morgan fingerprint density at radius 2 is 2.10 bits per heavy atom. The Morgan fingerprint density at radius 1 is 1.48 bits per heavy atom. The minimum atomic E-state index is -5.15. The molecule has 0 fully saturated rings. The van der Waals surface area contributed by atoms with Crippen molar-refractivity contribution in [3.05, 3.63) is 21.7 Å². The topological polar surface area (TPSA) is 101 Å². The second kappa shape index (κ2) is 6.24. The molecule has 1 aromatic heterocycles. The fourth-order valence-corrected chi connectivity index (χ4v) is 1.30. The molecule has 0 aliphatic rings. The third kappa shape index (κ3) is 4.19. The van der Waals surface area contributed by atoms with E-state index in [2.05, 4.69) is 19.2 Å². The van der Waals surface area contributed by atoms with E-state index in [1.807, 2.05) is 0 Å². The van der Waals surface area contributed by atoms with E-state index in [0.29, 0.717) is 6.07 Å². The van der Waals surface area contributed by atoms with Gasteiger partial charge in [-0.3, -0.25) is 0 Å². The molecule has 116 valence electrons. The number of rotatable bonds is 5. The maximum Gasteiger partial charge on any atom is 0.573 e. The zero-order chi connectivity index (χ0) is 16.2. The first kappa shape index (κ1) is 16.5. The van der Waals surface area contributed by atoms with Crippen LogP contribution in [0.25, 0.3) is 0 Å². The molecule has 8 nitrogen and oxygen atoms in total. The monoisotopic (exact) mass is 310 g/mol. The molecule has 0 amide bonds. The fourth-order valence-electron chi connectivity index (χ4n) is 1.30. The molecule has 1 aromatic rings. The fraction of sp³-hybridized carbons (Fsp3) is 0.400. The van der Waals surface area contributed by atoms with Gasteiger partial charge >= 0.3 is 24.0 Å². The summed E-state index contributed by atoms with van der Waals surface area (Å²) in [5.41, 5.74) is -0.812. The van der Waals surface area contributed by atoms with Gasteiger partial charge in [-0.15, -0.1) is 13.2 Å². The molecule has 0 aliphatic heterocycles. The molecule has 0 spiro atoms. The van der Waals surface area contributed by atoms with Gasteiger partial charge in [-0.05, 0) is 11.8 Å². The van der Waals surface area contributed by atoms with E-state index in [1.165, 1.54) is 6.92 Å². The number of hydrogen-bond donors (Lipinski definition) is 0. The summed E-state index contributed by atoms with van der Waals surface area (Å²) in [6.07, 6.45) is -5.15. The number of nitrogens with zero attached hydrogens (tertiary/aromatic N) is 2. The van der Waals surface area contributed by atoms with Crippen LogP contribution in [0.15, 0.2) is 6.07 Å². The van der Waals surface area contributed by atoms with Crippen molar-refractivity contribution in [2.45, 2.75) is 13.3 Å². The molecular weight excluding hydrogens is 301 g/mol. The first-order valence-electron chi connectivity index (χ1n) is 5.35. The molecule has 0 saturated carbocycles. The zero-order valence-corrected chi connectivity index (χ0v) is 10.8. The third-order valence-electron chi connectivity index (χ3n) is 2.02. The SMILES string of the molecule is CCOC(=O)c1cc([N+](=O)[O-])nc(OC)c1OC(F)(F)F. The van der Waals surface area contributed by atoms with Crippen molar-refractivity contribution in [1.82, 2.24) is 4.98 Å².